The molecule has 0 radical (unpaired) electrons. The van der Waals surface area contributed by atoms with Gasteiger partial charge in [-0.1, -0.05) is 11.6 Å². The van der Waals surface area contributed by atoms with Gasteiger partial charge in [-0.05, 0) is 18.2 Å². The normalized spacial score (nSPS) is 19.7. The number of halogens is 4. The minimum atomic E-state index is -2.82. The van der Waals surface area contributed by atoms with E-state index in [-0.39, 0.29) is 19.0 Å². The molecule has 118 valence electrons. The topological polar surface area (TPSA) is 50.4 Å². The summed E-state index contributed by atoms with van der Waals surface area (Å²) in [6.07, 6.45) is -0.481. The summed E-state index contributed by atoms with van der Waals surface area (Å²) in [7, 11) is 1.51. The fourth-order valence-electron chi connectivity index (χ4n) is 2.09. The summed E-state index contributed by atoms with van der Waals surface area (Å²) in [5.74, 6) is -2.70. The van der Waals surface area contributed by atoms with Crippen LogP contribution in [0.4, 0.5) is 8.78 Å². The summed E-state index contributed by atoms with van der Waals surface area (Å²) >= 11 is 5.87. The SMILES string of the molecule is COc1ccc(Cl)cc1CNC(=O)C1CC(F)(F)CN1.Cl. The molecule has 1 saturated heterocycles. The molecule has 0 aromatic heterocycles. The third-order valence-electron chi connectivity index (χ3n) is 3.12. The van der Waals surface area contributed by atoms with Gasteiger partial charge < -0.3 is 10.1 Å². The number of hydrogen-bond acceptors (Lipinski definition) is 3. The number of alkyl halides is 2. The number of carbonyl (C=O) groups excluding carboxylic acids is 1. The molecule has 0 bridgehead atoms. The highest BCUT2D eigenvalue weighted by atomic mass is 35.5. The van der Waals surface area contributed by atoms with Crippen molar-refractivity contribution >= 4 is 29.9 Å². The van der Waals surface area contributed by atoms with Crippen molar-refractivity contribution in [3.63, 3.8) is 0 Å². The van der Waals surface area contributed by atoms with Crippen LogP contribution in [0.15, 0.2) is 18.2 Å². The lowest BCUT2D eigenvalue weighted by Gasteiger charge is -2.13. The minimum absolute atomic E-state index is 0. The van der Waals surface area contributed by atoms with Crippen molar-refractivity contribution in [3.8, 4) is 5.75 Å². The molecule has 1 aromatic carbocycles. The number of amides is 1. The number of ether oxygens (including phenoxy) is 1. The summed E-state index contributed by atoms with van der Waals surface area (Å²) in [6, 6.07) is 4.16. The van der Waals surface area contributed by atoms with Crippen molar-refractivity contribution in [1.29, 1.82) is 0 Å². The van der Waals surface area contributed by atoms with Gasteiger partial charge in [0.05, 0.1) is 19.7 Å². The molecule has 4 nitrogen and oxygen atoms in total. The Morgan fingerprint density at radius 2 is 2.29 bits per heavy atom. The van der Waals surface area contributed by atoms with Crippen molar-refractivity contribution in [2.75, 3.05) is 13.7 Å². The maximum atomic E-state index is 13.0. The minimum Gasteiger partial charge on any atom is -0.496 e. The summed E-state index contributed by atoms with van der Waals surface area (Å²) in [4.78, 5) is 11.8. The molecule has 1 heterocycles. The Balaban J connectivity index is 0.00000220. The molecule has 2 N–H and O–H groups in total. The van der Waals surface area contributed by atoms with Crippen molar-refractivity contribution in [1.82, 2.24) is 10.6 Å². The number of carbonyl (C=O) groups is 1. The molecule has 21 heavy (non-hydrogen) atoms. The van der Waals surface area contributed by atoms with Gasteiger partial charge in [0.25, 0.3) is 5.92 Å². The van der Waals surface area contributed by atoms with E-state index in [0.717, 1.165) is 0 Å². The third kappa shape index (κ3) is 4.69. The highest BCUT2D eigenvalue weighted by Crippen LogP contribution is 2.26. The van der Waals surface area contributed by atoms with E-state index in [9.17, 15) is 13.6 Å². The molecule has 1 atom stereocenters. The van der Waals surface area contributed by atoms with Crippen LogP contribution in [-0.2, 0) is 11.3 Å². The number of benzene rings is 1. The quantitative estimate of drug-likeness (QED) is 0.884. The van der Waals surface area contributed by atoms with E-state index < -0.39 is 30.8 Å². The first-order chi connectivity index (χ1) is 9.41. The second-order valence-corrected chi connectivity index (χ2v) is 5.10. The first kappa shape index (κ1) is 17.9. The second kappa shape index (κ2) is 7.24. The van der Waals surface area contributed by atoms with Crippen LogP contribution in [-0.4, -0.2) is 31.5 Å². The monoisotopic (exact) mass is 340 g/mol. The van der Waals surface area contributed by atoms with Crippen LogP contribution in [0.3, 0.4) is 0 Å². The zero-order valence-electron chi connectivity index (χ0n) is 11.3. The van der Waals surface area contributed by atoms with Crippen molar-refractivity contribution in [2.45, 2.75) is 24.9 Å². The number of methoxy groups -OCH3 is 1. The summed E-state index contributed by atoms with van der Waals surface area (Å²) in [5.41, 5.74) is 0.693. The van der Waals surface area contributed by atoms with E-state index in [1.807, 2.05) is 0 Å². The highest BCUT2D eigenvalue weighted by molar-refractivity contribution is 6.30. The van der Waals surface area contributed by atoms with Crippen LogP contribution >= 0.6 is 24.0 Å². The largest absolute Gasteiger partial charge is 0.496 e. The standard InChI is InChI=1S/C13H15ClF2N2O2.ClH/c1-20-11-3-2-9(14)4-8(11)6-17-12(19)10-5-13(15,16)7-18-10;/h2-4,10,18H,5-7H2,1H3,(H,17,19);1H. The van der Waals surface area contributed by atoms with Gasteiger partial charge in [0.2, 0.25) is 5.91 Å². The van der Waals surface area contributed by atoms with Gasteiger partial charge in [0, 0.05) is 23.6 Å². The Morgan fingerprint density at radius 3 is 2.86 bits per heavy atom. The first-order valence-corrected chi connectivity index (χ1v) is 6.50. The molecule has 0 spiro atoms. The lowest BCUT2D eigenvalue weighted by Crippen LogP contribution is -2.40. The van der Waals surface area contributed by atoms with Gasteiger partial charge in [-0.2, -0.15) is 0 Å². The van der Waals surface area contributed by atoms with Crippen molar-refractivity contribution < 1.29 is 18.3 Å². The molecule has 0 aliphatic carbocycles. The van der Waals surface area contributed by atoms with Crippen LogP contribution in [0.5, 0.6) is 5.75 Å². The van der Waals surface area contributed by atoms with Gasteiger partial charge in [-0.15, -0.1) is 12.4 Å². The van der Waals surface area contributed by atoms with Crippen LogP contribution < -0.4 is 15.4 Å². The lowest BCUT2D eigenvalue weighted by molar-refractivity contribution is -0.123. The fraction of sp³-hybridized carbons (Fsp3) is 0.462. The van der Waals surface area contributed by atoms with Gasteiger partial charge >= 0.3 is 0 Å². The van der Waals surface area contributed by atoms with E-state index in [4.69, 9.17) is 16.3 Å². The third-order valence-corrected chi connectivity index (χ3v) is 3.36. The number of hydrogen-bond donors (Lipinski definition) is 2. The Morgan fingerprint density at radius 1 is 1.57 bits per heavy atom. The van der Waals surface area contributed by atoms with Gasteiger partial charge in [-0.25, -0.2) is 8.78 Å². The fourth-order valence-corrected chi connectivity index (χ4v) is 2.29. The van der Waals surface area contributed by atoms with E-state index in [0.29, 0.717) is 16.3 Å². The molecule has 8 heteroatoms. The first-order valence-electron chi connectivity index (χ1n) is 6.12. The Bertz CT molecular complexity index is 515. The van der Waals surface area contributed by atoms with E-state index in [2.05, 4.69) is 10.6 Å². The molecule has 1 aliphatic heterocycles. The Hall–Kier alpha value is -1.11. The average molecular weight is 341 g/mol. The van der Waals surface area contributed by atoms with Crippen LogP contribution in [0.1, 0.15) is 12.0 Å². The zero-order valence-corrected chi connectivity index (χ0v) is 12.9. The van der Waals surface area contributed by atoms with Gasteiger partial charge in [0.1, 0.15) is 5.75 Å². The number of rotatable bonds is 4. The van der Waals surface area contributed by atoms with Crippen LogP contribution in [0.25, 0.3) is 0 Å². The molecule has 1 amide bonds. The molecule has 1 aromatic rings. The van der Waals surface area contributed by atoms with E-state index in [1.165, 1.54) is 7.11 Å². The van der Waals surface area contributed by atoms with Crippen LogP contribution in [0, 0.1) is 0 Å². The van der Waals surface area contributed by atoms with Gasteiger partial charge in [-0.3, -0.25) is 10.1 Å². The Kier molecular flexibility index (Phi) is 6.19. The molecular formula is C13H16Cl2F2N2O2. The zero-order chi connectivity index (χ0) is 14.8. The lowest BCUT2D eigenvalue weighted by atomic mass is 10.1. The maximum Gasteiger partial charge on any atom is 0.262 e. The van der Waals surface area contributed by atoms with Gasteiger partial charge in [0.15, 0.2) is 0 Å². The summed E-state index contributed by atoms with van der Waals surface area (Å²) in [5, 5.41) is 5.63. The molecule has 1 aliphatic rings. The maximum absolute atomic E-state index is 13.0. The predicted octanol–water partition coefficient (Wildman–Crippen LogP) is 2.38. The summed E-state index contributed by atoms with van der Waals surface area (Å²) < 4.78 is 31.2. The van der Waals surface area contributed by atoms with E-state index in [1.54, 1.807) is 18.2 Å². The smallest absolute Gasteiger partial charge is 0.262 e. The predicted molar refractivity (Wildman–Crippen MR) is 78.5 cm³/mol. The molecule has 2 rings (SSSR count). The molecular weight excluding hydrogens is 325 g/mol. The molecule has 1 fully saturated rings. The van der Waals surface area contributed by atoms with E-state index >= 15 is 0 Å². The molecule has 1 unspecified atom stereocenters. The Labute approximate surface area is 132 Å². The molecule has 0 saturated carbocycles. The van der Waals surface area contributed by atoms with Crippen molar-refractivity contribution in [3.05, 3.63) is 28.8 Å². The average Bonchev–Trinajstić information content (AvgIpc) is 2.76. The number of nitrogens with one attached hydrogen (secondary N) is 2. The van der Waals surface area contributed by atoms with Crippen molar-refractivity contribution in [2.24, 2.45) is 0 Å². The highest BCUT2D eigenvalue weighted by Gasteiger charge is 2.42. The summed E-state index contributed by atoms with van der Waals surface area (Å²) in [6.45, 7) is -0.294. The second-order valence-electron chi connectivity index (χ2n) is 4.67. The van der Waals surface area contributed by atoms with Crippen LogP contribution in [0.2, 0.25) is 5.02 Å².